The Kier molecular flexibility index (Phi) is 13.3. The summed E-state index contributed by atoms with van der Waals surface area (Å²) in [4.78, 5) is 110. The van der Waals surface area contributed by atoms with E-state index in [1.165, 1.54) is 12.2 Å². The Labute approximate surface area is 366 Å². The summed E-state index contributed by atoms with van der Waals surface area (Å²) in [5.74, 6) is -11.1. The molecule has 0 aromatic heterocycles. The van der Waals surface area contributed by atoms with Crippen LogP contribution in [0.25, 0.3) is 0 Å². The lowest BCUT2D eigenvalue weighted by molar-refractivity contribution is -0.142. The van der Waals surface area contributed by atoms with Crippen molar-refractivity contribution in [2.24, 2.45) is 32.1 Å². The van der Waals surface area contributed by atoms with Gasteiger partial charge in [-0.05, 0) is 80.9 Å². The van der Waals surface area contributed by atoms with Gasteiger partial charge in [-0.1, -0.05) is 13.8 Å². The van der Waals surface area contributed by atoms with Gasteiger partial charge in [-0.3, -0.25) is 48.3 Å². The molecule has 64 heavy (non-hydrogen) atoms. The second-order valence-electron chi connectivity index (χ2n) is 18.2. The zero-order valence-corrected chi connectivity index (χ0v) is 36.2. The van der Waals surface area contributed by atoms with Crippen LogP contribution in [0, 0.1) is 22.2 Å². The molecule has 20 heteroatoms. The second kappa shape index (κ2) is 17.5. The molecule has 0 unspecified atom stereocenters. The van der Waals surface area contributed by atoms with E-state index in [1.54, 1.807) is 34.6 Å². The average Bonchev–Trinajstić information content (AvgIpc) is 3.72. The molecule has 5 aliphatic heterocycles. The first-order valence-corrected chi connectivity index (χ1v) is 20.7. The average molecular weight is 895 g/mol. The van der Waals surface area contributed by atoms with Gasteiger partial charge in [0.1, 0.15) is 0 Å². The highest BCUT2D eigenvalue weighted by molar-refractivity contribution is 6.13. The van der Waals surface area contributed by atoms with Crippen molar-refractivity contribution in [3.05, 3.63) is 57.2 Å². The van der Waals surface area contributed by atoms with E-state index in [4.69, 9.17) is 9.98 Å². The SMILES string of the molecule is C[C@]1(CCC(=O)O)C2=CC3=N[C@@](C)(CC4=C(CCC(=O)O)[C@](C)(CC(=O)O)C(=N4)/C=C4\N[C@@](C)(C(=C1CC(=O)O)N2)[C@@](C)(CC(=O)O)[C@@H]4CCC(=O)O)C(CC(=O)O)=C3CCC(=O)O. The summed E-state index contributed by atoms with van der Waals surface area (Å²) in [6.45, 7) is 7.95. The Morgan fingerprint density at radius 1 is 0.641 bits per heavy atom. The number of allylic oxidation sites excluding steroid dienone is 6. The maximum absolute atomic E-state index is 13.0. The van der Waals surface area contributed by atoms with E-state index >= 15 is 0 Å². The van der Waals surface area contributed by atoms with Crippen LogP contribution < -0.4 is 10.6 Å². The number of hydrogen-bond acceptors (Lipinski definition) is 12. The molecule has 1 saturated heterocycles. The van der Waals surface area contributed by atoms with Crippen molar-refractivity contribution < 1.29 is 79.2 Å². The van der Waals surface area contributed by atoms with Crippen molar-refractivity contribution in [2.75, 3.05) is 0 Å². The summed E-state index contributed by atoms with van der Waals surface area (Å²) >= 11 is 0. The molecular formula is C44H54N4O16. The minimum absolute atomic E-state index is 0.0778. The van der Waals surface area contributed by atoms with Crippen LogP contribution in [0.2, 0.25) is 0 Å². The van der Waals surface area contributed by atoms with Crippen LogP contribution in [-0.4, -0.2) is 111 Å². The quantitative estimate of drug-likeness (QED) is 0.0799. The zero-order chi connectivity index (χ0) is 47.9. The van der Waals surface area contributed by atoms with Crippen molar-refractivity contribution >= 4 is 59.2 Å². The van der Waals surface area contributed by atoms with E-state index in [0.717, 1.165) is 0 Å². The van der Waals surface area contributed by atoms with Gasteiger partial charge in [-0.2, -0.15) is 0 Å². The van der Waals surface area contributed by atoms with Crippen LogP contribution in [0.5, 0.6) is 0 Å². The predicted octanol–water partition coefficient (Wildman–Crippen LogP) is 4.59. The third kappa shape index (κ3) is 9.08. The Morgan fingerprint density at radius 2 is 1.20 bits per heavy atom. The molecule has 20 nitrogen and oxygen atoms in total. The summed E-state index contributed by atoms with van der Waals surface area (Å²) in [5, 5.41) is 88.1. The number of carboxylic acids is 8. The number of nitrogens with zero attached hydrogens (tertiary/aromatic N) is 2. The minimum atomic E-state index is -1.65. The molecular weight excluding hydrogens is 840 g/mol. The van der Waals surface area contributed by atoms with E-state index in [0.29, 0.717) is 0 Å². The van der Waals surface area contributed by atoms with Gasteiger partial charge in [0, 0.05) is 77.1 Å². The van der Waals surface area contributed by atoms with E-state index < -0.39 is 132 Å². The number of fused-ring (bicyclic) bond motifs is 7. The molecule has 0 aromatic rings. The van der Waals surface area contributed by atoms with Gasteiger partial charge in [0.2, 0.25) is 0 Å². The van der Waals surface area contributed by atoms with Crippen molar-refractivity contribution in [1.29, 1.82) is 0 Å². The first kappa shape index (κ1) is 48.4. The maximum atomic E-state index is 13.0. The molecule has 0 aromatic carbocycles. The molecule has 5 aliphatic rings. The number of aliphatic imine (C=N–C) groups is 2. The van der Waals surface area contributed by atoms with E-state index in [1.807, 2.05) is 0 Å². The molecule has 1 fully saturated rings. The van der Waals surface area contributed by atoms with Crippen molar-refractivity contribution in [3.8, 4) is 0 Å². The van der Waals surface area contributed by atoms with Gasteiger partial charge >= 0.3 is 47.8 Å². The molecule has 0 saturated carbocycles. The van der Waals surface area contributed by atoms with E-state index in [9.17, 15) is 79.2 Å². The fraction of sp³-hybridized carbons (Fsp3) is 0.545. The lowest BCUT2D eigenvalue weighted by Gasteiger charge is -2.44. The number of nitrogens with one attached hydrogen (secondary N) is 2. The third-order valence-electron chi connectivity index (χ3n) is 14.0. The molecule has 0 radical (unpaired) electrons. The molecule has 5 heterocycles. The molecule has 0 spiro atoms. The van der Waals surface area contributed by atoms with Crippen molar-refractivity contribution in [2.45, 2.75) is 129 Å². The molecule has 0 aliphatic carbocycles. The number of carboxylic acid groups (broad SMARTS) is 8. The van der Waals surface area contributed by atoms with Gasteiger partial charge in [-0.15, -0.1) is 0 Å². The van der Waals surface area contributed by atoms with Gasteiger partial charge in [-0.25, -0.2) is 0 Å². The summed E-state index contributed by atoms with van der Waals surface area (Å²) in [5.41, 5.74) is -6.09. The normalized spacial score (nSPS) is 30.2. The summed E-state index contributed by atoms with van der Waals surface area (Å²) in [6.07, 6.45) is -2.61. The lowest BCUT2D eigenvalue weighted by Crippen LogP contribution is -2.54. The molecule has 10 N–H and O–H groups in total. The van der Waals surface area contributed by atoms with Gasteiger partial charge in [0.25, 0.3) is 0 Å². The Hall–Kier alpha value is -6.60. The monoisotopic (exact) mass is 894 g/mol. The van der Waals surface area contributed by atoms with Crippen LogP contribution in [0.3, 0.4) is 0 Å². The van der Waals surface area contributed by atoms with Crippen LogP contribution >= 0.6 is 0 Å². The Balaban J connectivity index is 2.01. The molecule has 8 bridgehead atoms. The standard InChI is InChI=1S/C44H54N4O16/c1-40(13-12-34(55)56)25(15-36(59)60)39-44(5)42(3,20-38(63)64)23(8-11-33(53)54)27(48-44)17-30-41(2,19-37(61)62)22(7-10-32(51)52)28(45-30)18-43(4)24(14-35(57)58)21(6-9-31(49)50)26(47-43)16-29(40)46-39/h16-17,23,46,48H,6-15,18-20H2,1-5H3,(H,49,50)(H,51,52)(H,53,54)(H,55,56)(H,57,58)(H,59,60)(H,61,62)(H,63,64)/b27-17-,29-16?/t23-,40-,41+,42+,43+,44+/m1/s1. The molecule has 5 rings (SSSR count). The number of hydrogen-bond donors (Lipinski definition) is 10. The second-order valence-corrected chi connectivity index (χ2v) is 18.2. The van der Waals surface area contributed by atoms with E-state index in [-0.39, 0.29) is 88.6 Å². The van der Waals surface area contributed by atoms with Gasteiger partial charge in [0.15, 0.2) is 0 Å². The van der Waals surface area contributed by atoms with Crippen LogP contribution in [0.1, 0.15) is 118 Å². The highest BCUT2D eigenvalue weighted by Crippen LogP contribution is 2.60. The van der Waals surface area contributed by atoms with Gasteiger partial charge in [0.05, 0.1) is 48.2 Å². The van der Waals surface area contributed by atoms with Crippen molar-refractivity contribution in [1.82, 2.24) is 10.6 Å². The molecule has 6 atom stereocenters. The lowest BCUT2D eigenvalue weighted by atomic mass is 9.61. The minimum Gasteiger partial charge on any atom is -0.481 e. The summed E-state index contributed by atoms with van der Waals surface area (Å²) in [7, 11) is 0. The zero-order valence-electron chi connectivity index (χ0n) is 36.2. The van der Waals surface area contributed by atoms with Crippen molar-refractivity contribution in [3.63, 3.8) is 0 Å². The molecule has 346 valence electrons. The van der Waals surface area contributed by atoms with Gasteiger partial charge < -0.3 is 51.5 Å². The largest absolute Gasteiger partial charge is 0.481 e. The Bertz CT molecular complexity index is 2350. The smallest absolute Gasteiger partial charge is 0.307 e. The summed E-state index contributed by atoms with van der Waals surface area (Å²) in [6, 6.07) is 0. The first-order chi connectivity index (χ1) is 29.6. The van der Waals surface area contributed by atoms with Crippen LogP contribution in [0.15, 0.2) is 67.2 Å². The number of carbonyl (C=O) groups is 8. The fourth-order valence-electron chi connectivity index (χ4n) is 10.6. The number of rotatable bonds is 20. The fourth-order valence-corrected chi connectivity index (χ4v) is 10.6. The highest BCUT2D eigenvalue weighted by atomic mass is 16.4. The van der Waals surface area contributed by atoms with E-state index in [2.05, 4.69) is 10.6 Å². The predicted molar refractivity (Wildman–Crippen MR) is 224 cm³/mol. The van der Waals surface area contributed by atoms with Crippen LogP contribution in [0.4, 0.5) is 0 Å². The topological polar surface area (TPSA) is 347 Å². The molecule has 0 amide bonds. The maximum Gasteiger partial charge on any atom is 0.307 e. The number of aliphatic carboxylic acids is 8. The van der Waals surface area contributed by atoms with Crippen LogP contribution in [-0.2, 0) is 38.4 Å². The first-order valence-electron chi connectivity index (χ1n) is 20.7. The third-order valence-corrected chi connectivity index (χ3v) is 14.0. The summed E-state index contributed by atoms with van der Waals surface area (Å²) < 4.78 is 0. The highest BCUT2D eigenvalue weighted by Gasteiger charge is 2.63. The Morgan fingerprint density at radius 3 is 1.75 bits per heavy atom.